The van der Waals surface area contributed by atoms with Crippen molar-refractivity contribution in [3.63, 3.8) is 0 Å². The monoisotopic (exact) mass is 466 g/mol. The van der Waals surface area contributed by atoms with Gasteiger partial charge in [0.15, 0.2) is 0 Å². The molecule has 4 atom stereocenters. The zero-order valence-corrected chi connectivity index (χ0v) is 16.7. The zero-order chi connectivity index (χ0) is 21.1. The Morgan fingerprint density at radius 1 is 1.00 bits per heavy atom. The second-order valence-corrected chi connectivity index (χ2v) is 9.85. The number of ether oxygens (including phenoxy) is 2. The fourth-order valence-electron chi connectivity index (χ4n) is 1.72. The molecule has 1 N–H and O–H groups in total. The second kappa shape index (κ2) is 13.8. The molecule has 0 saturated carbocycles. The maximum Gasteiger partial charge on any atom is 0.264 e. The topological polar surface area (TPSA) is 214 Å². The van der Waals surface area contributed by atoms with Gasteiger partial charge in [0.2, 0.25) is 9.05 Å². The maximum absolute atomic E-state index is 10.7. The van der Waals surface area contributed by atoms with Crippen LogP contribution in [0.5, 0.6) is 0 Å². The summed E-state index contributed by atoms with van der Waals surface area (Å²) in [5.74, 6) is 0. The lowest BCUT2D eigenvalue weighted by atomic mass is 10.2. The zero-order valence-electron chi connectivity index (χ0n) is 14.3. The third-order valence-electron chi connectivity index (χ3n) is 2.72. The lowest BCUT2D eigenvalue weighted by Gasteiger charge is -2.10. The first-order chi connectivity index (χ1) is 12.4. The molecule has 164 valence electrons. The van der Waals surface area contributed by atoms with Gasteiger partial charge in [-0.05, 0) is 11.1 Å². The van der Waals surface area contributed by atoms with Crippen LogP contribution in [0, 0.1) is 0 Å². The Bertz CT molecular complexity index is 758. The second-order valence-electron chi connectivity index (χ2n) is 5.21. The first-order valence-corrected chi connectivity index (χ1v) is 11.6. The number of halogens is 1. The van der Waals surface area contributed by atoms with Crippen molar-refractivity contribution in [3.8, 4) is 0 Å². The first-order valence-electron chi connectivity index (χ1n) is 7.07. The highest BCUT2D eigenvalue weighted by Gasteiger charge is 2.31. The average Bonchev–Trinajstić information content (AvgIpc) is 3.07. The van der Waals surface area contributed by atoms with Crippen molar-refractivity contribution in [3.05, 3.63) is 20.9 Å². The van der Waals surface area contributed by atoms with E-state index in [0.29, 0.717) is 6.61 Å². The van der Waals surface area contributed by atoms with Crippen molar-refractivity contribution >= 4 is 29.9 Å². The molecule has 0 aliphatic carbocycles. The molecule has 2 fully saturated rings. The van der Waals surface area contributed by atoms with E-state index in [4.69, 9.17) is 25.6 Å². The molecule has 28 heavy (non-hydrogen) atoms. The molecule has 0 aromatic rings. The van der Waals surface area contributed by atoms with Gasteiger partial charge >= 0.3 is 0 Å². The third-order valence-corrected chi connectivity index (χ3v) is 3.32. The van der Waals surface area contributed by atoms with Crippen LogP contribution in [0.3, 0.4) is 0 Å². The van der Waals surface area contributed by atoms with Crippen LogP contribution in [0.15, 0.2) is 10.2 Å². The molecule has 0 bridgehead atoms. The van der Waals surface area contributed by atoms with Crippen LogP contribution in [0.4, 0.5) is 0 Å². The van der Waals surface area contributed by atoms with Crippen LogP contribution < -0.4 is 0 Å². The van der Waals surface area contributed by atoms with E-state index in [1.54, 1.807) is 0 Å². The van der Waals surface area contributed by atoms with Crippen molar-refractivity contribution in [1.29, 1.82) is 0 Å². The summed E-state index contributed by atoms with van der Waals surface area (Å²) in [6.07, 6.45) is 0.569. The minimum absolute atomic E-state index is 0. The van der Waals surface area contributed by atoms with Gasteiger partial charge in [-0.25, -0.2) is 8.42 Å². The van der Waals surface area contributed by atoms with Gasteiger partial charge in [-0.15, -0.1) is 0 Å². The van der Waals surface area contributed by atoms with Gasteiger partial charge in [-0.2, -0.15) is 8.42 Å². The van der Waals surface area contributed by atoms with E-state index in [1.165, 1.54) is 0 Å². The molecule has 14 nitrogen and oxygen atoms in total. The van der Waals surface area contributed by atoms with Crippen molar-refractivity contribution in [2.24, 2.45) is 10.2 Å². The lowest BCUT2D eigenvalue weighted by molar-refractivity contribution is 0.125. The molecular formula is C11H23ClN6O8S2. The van der Waals surface area contributed by atoms with E-state index >= 15 is 0 Å². The Hall–Kier alpha value is -1.35. The van der Waals surface area contributed by atoms with Gasteiger partial charge in [0.25, 0.3) is 10.1 Å². The number of azide groups is 2. The van der Waals surface area contributed by atoms with Crippen LogP contribution in [-0.2, 0) is 32.8 Å². The number of aliphatic hydroxyl groups excluding tert-OH is 1. The van der Waals surface area contributed by atoms with E-state index in [-0.39, 0.29) is 33.3 Å². The average molecular weight is 467 g/mol. The normalized spacial score (nSPS) is 26.1. The Kier molecular flexibility index (Phi) is 14.2. The molecular weight excluding hydrogens is 444 g/mol. The third kappa shape index (κ3) is 15.7. The highest BCUT2D eigenvalue weighted by atomic mass is 35.7. The smallest absolute Gasteiger partial charge is 0.264 e. The summed E-state index contributed by atoms with van der Waals surface area (Å²) in [6.45, 7) is 0.954. The Morgan fingerprint density at radius 3 is 1.82 bits per heavy atom. The summed E-state index contributed by atoms with van der Waals surface area (Å²) in [4.78, 5) is 5.12. The molecule has 2 rings (SSSR count). The van der Waals surface area contributed by atoms with Gasteiger partial charge in [0, 0.05) is 20.5 Å². The van der Waals surface area contributed by atoms with Gasteiger partial charge < -0.3 is 14.6 Å². The highest BCUT2D eigenvalue weighted by molar-refractivity contribution is 8.13. The molecule has 0 amide bonds. The van der Waals surface area contributed by atoms with E-state index < -0.39 is 37.4 Å². The summed E-state index contributed by atoms with van der Waals surface area (Å²) in [7, 11) is -2.21. The Morgan fingerprint density at radius 2 is 1.43 bits per heavy atom. The molecule has 0 unspecified atom stereocenters. The molecule has 0 aromatic carbocycles. The minimum atomic E-state index is -3.52. The van der Waals surface area contributed by atoms with Crippen LogP contribution in [0.1, 0.15) is 7.43 Å². The Balaban J connectivity index is 0. The number of nitrogens with zero attached hydrogens (tertiary/aromatic N) is 6. The van der Waals surface area contributed by atoms with Crippen LogP contribution in [0.25, 0.3) is 20.9 Å². The van der Waals surface area contributed by atoms with Crippen molar-refractivity contribution in [2.45, 2.75) is 31.7 Å². The summed E-state index contributed by atoms with van der Waals surface area (Å²) in [5, 5.41) is 15.6. The predicted octanol–water partition coefficient (Wildman–Crippen LogP) is 0.918. The van der Waals surface area contributed by atoms with Gasteiger partial charge in [-0.3, -0.25) is 4.18 Å². The number of hydrogen-bond acceptors (Lipinski definition) is 10. The molecule has 2 heterocycles. The summed E-state index contributed by atoms with van der Waals surface area (Å²) in [6, 6.07) is -0.935. The summed E-state index contributed by atoms with van der Waals surface area (Å²) < 4.78 is 54.6. The van der Waals surface area contributed by atoms with Crippen molar-refractivity contribution in [1.82, 2.24) is 0 Å². The fraction of sp³-hybridized carbons (Fsp3) is 1.00. The molecule has 2 aliphatic rings. The quantitative estimate of drug-likeness (QED) is 0.206. The molecule has 0 aromatic heterocycles. The van der Waals surface area contributed by atoms with Gasteiger partial charge in [-0.1, -0.05) is 17.7 Å². The highest BCUT2D eigenvalue weighted by Crippen LogP contribution is 2.15. The number of aliphatic hydroxyl groups is 1. The number of rotatable bonds is 4. The predicted molar refractivity (Wildman–Crippen MR) is 101 cm³/mol. The standard InChI is InChI=1S/C5H9N3O4S.C4H7N3O2.CH3ClO2S.CH4/c1-13(9,10)12-5-3-11-2-4(5)7-8-6;5-7-6-3-1-9-2-4(3)8;1-5(2,3)4;/h4-5H,2-3H2,1H3;3-4,8H,1-2H2;1H3;1H4/t4-,5-;3-,4-;;/m00../s1. The molecule has 2 aliphatic heterocycles. The van der Waals surface area contributed by atoms with Crippen molar-refractivity contribution in [2.75, 3.05) is 38.9 Å². The number of hydrogen-bond donors (Lipinski definition) is 1. The van der Waals surface area contributed by atoms with E-state index in [0.717, 1.165) is 12.5 Å². The maximum atomic E-state index is 10.7. The van der Waals surface area contributed by atoms with E-state index in [1.807, 2.05) is 0 Å². The van der Waals surface area contributed by atoms with Gasteiger partial charge in [0.1, 0.15) is 6.10 Å². The molecule has 17 heteroatoms. The first kappa shape index (κ1) is 28.9. The summed E-state index contributed by atoms with van der Waals surface area (Å²) in [5.41, 5.74) is 16.1. The van der Waals surface area contributed by atoms with Crippen LogP contribution in [0.2, 0.25) is 0 Å². The lowest BCUT2D eigenvalue weighted by Crippen LogP contribution is -2.27. The fourth-order valence-corrected chi connectivity index (χ4v) is 2.35. The van der Waals surface area contributed by atoms with E-state index in [2.05, 4.69) is 34.9 Å². The van der Waals surface area contributed by atoms with E-state index in [9.17, 15) is 16.8 Å². The minimum Gasteiger partial charge on any atom is -0.390 e. The van der Waals surface area contributed by atoms with Crippen molar-refractivity contribution < 1.29 is 35.6 Å². The largest absolute Gasteiger partial charge is 0.390 e. The Labute approximate surface area is 167 Å². The van der Waals surface area contributed by atoms with Gasteiger partial charge in [0.05, 0.1) is 57.1 Å². The van der Waals surface area contributed by atoms with Crippen LogP contribution in [-0.4, -0.2) is 85.2 Å². The SMILES string of the molecule is C.CS(=O)(=O)Cl.CS(=O)(=O)O[C@H]1COC[C@@H]1N=[N+]=[N-].[N-]=[N+]=N[C@H]1COC[C@@H]1O. The molecule has 0 radical (unpaired) electrons. The van der Waals surface area contributed by atoms with Crippen LogP contribution >= 0.6 is 10.7 Å². The summed E-state index contributed by atoms with van der Waals surface area (Å²) >= 11 is 0. The molecule has 0 spiro atoms. The molecule has 2 saturated heterocycles.